The smallest absolute Gasteiger partial charge is 0.127 e. The Labute approximate surface area is 158 Å². The fourth-order valence-electron chi connectivity index (χ4n) is 3.88. The first-order chi connectivity index (χ1) is 12.8. The highest BCUT2D eigenvalue weighted by molar-refractivity contribution is 7.18. The van der Waals surface area contributed by atoms with Crippen LogP contribution in [0.1, 0.15) is 29.3 Å². The number of nitrogens with one attached hydrogen (secondary N) is 1. The monoisotopic (exact) mass is 369 g/mol. The number of methoxy groups -OCH3 is 2. The molecule has 1 aromatic heterocycles. The Bertz CT molecular complexity index is 860. The molecule has 1 aliphatic heterocycles. The normalized spacial score (nSPS) is 20.2. The molecule has 2 atom stereocenters. The average Bonchev–Trinajstić information content (AvgIpc) is 3.12. The molecule has 26 heavy (non-hydrogen) atoms. The van der Waals surface area contributed by atoms with E-state index in [0.717, 1.165) is 30.1 Å². The van der Waals surface area contributed by atoms with E-state index in [4.69, 9.17) is 14.5 Å². The van der Waals surface area contributed by atoms with E-state index < -0.39 is 0 Å². The first-order valence-corrected chi connectivity index (χ1v) is 9.98. The summed E-state index contributed by atoms with van der Waals surface area (Å²) in [4.78, 5) is 6.49. The lowest BCUT2D eigenvalue weighted by Gasteiger charge is -2.29. The Hall–Kier alpha value is -2.11. The van der Waals surface area contributed by atoms with Gasteiger partial charge in [-0.15, -0.1) is 11.3 Å². The molecular weight excluding hydrogens is 344 g/mol. The molecule has 0 aliphatic carbocycles. The summed E-state index contributed by atoms with van der Waals surface area (Å²) < 4.78 is 12.2. The van der Waals surface area contributed by atoms with Crippen LogP contribution >= 0.6 is 11.3 Å². The van der Waals surface area contributed by atoms with Crippen LogP contribution in [0.15, 0.2) is 42.5 Å². The van der Waals surface area contributed by atoms with Gasteiger partial charge in [0, 0.05) is 0 Å². The van der Waals surface area contributed by atoms with Gasteiger partial charge in [0.15, 0.2) is 0 Å². The van der Waals surface area contributed by atoms with E-state index >= 15 is 0 Å². The molecule has 1 N–H and O–H groups in total. The van der Waals surface area contributed by atoms with Crippen molar-refractivity contribution in [1.29, 1.82) is 0 Å². The van der Waals surface area contributed by atoms with E-state index in [-0.39, 0.29) is 0 Å². The Morgan fingerprint density at radius 2 is 2.04 bits per heavy atom. The fraction of sp³-hybridized carbons (Fsp3) is 0.381. The van der Waals surface area contributed by atoms with E-state index in [2.05, 4.69) is 30.3 Å². The number of fused-ring (bicyclic) bond motifs is 1. The van der Waals surface area contributed by atoms with E-state index in [1.54, 1.807) is 19.1 Å². The minimum absolute atomic E-state index is 0.549. The average molecular weight is 370 g/mol. The van der Waals surface area contributed by atoms with Gasteiger partial charge < -0.3 is 14.4 Å². The second-order valence-electron chi connectivity index (χ2n) is 6.92. The van der Waals surface area contributed by atoms with Crippen molar-refractivity contribution in [2.24, 2.45) is 0 Å². The number of para-hydroxylation sites is 1. The molecule has 3 aromatic rings. The number of nitrogens with zero attached hydrogens (tertiary/aromatic N) is 1. The van der Waals surface area contributed by atoms with Crippen LogP contribution < -0.4 is 14.4 Å². The van der Waals surface area contributed by atoms with Crippen molar-refractivity contribution < 1.29 is 14.4 Å². The zero-order chi connectivity index (χ0) is 17.9. The van der Waals surface area contributed by atoms with Gasteiger partial charge in [-0.25, -0.2) is 4.98 Å². The number of ether oxygens (including phenoxy) is 2. The van der Waals surface area contributed by atoms with Gasteiger partial charge in [0.1, 0.15) is 23.1 Å². The maximum atomic E-state index is 5.56. The second kappa shape index (κ2) is 7.64. The Morgan fingerprint density at radius 1 is 1.15 bits per heavy atom. The third kappa shape index (κ3) is 3.55. The standard InChI is InChI=1S/C21H24N2O2S/c1-24-17-9-10-19(25-2)16(12-17)14-23-11-5-6-15(13-23)21-22-18-7-3-4-8-20(18)26-21/h3-4,7-10,12,15H,5-6,11,13-14H2,1-2H3/p+1/t15-/m1/s1. The molecule has 1 fully saturated rings. The highest BCUT2D eigenvalue weighted by Crippen LogP contribution is 2.30. The second-order valence-corrected chi connectivity index (χ2v) is 7.98. The molecular formula is C21H25N2O2S+. The number of benzene rings is 2. The molecule has 0 amide bonds. The molecule has 0 radical (unpaired) electrons. The number of quaternary nitrogens is 1. The fourth-order valence-corrected chi connectivity index (χ4v) is 4.98. The summed E-state index contributed by atoms with van der Waals surface area (Å²) in [5, 5.41) is 1.29. The number of piperidine rings is 1. The van der Waals surface area contributed by atoms with Crippen molar-refractivity contribution in [3.05, 3.63) is 53.0 Å². The van der Waals surface area contributed by atoms with Crippen LogP contribution in [-0.2, 0) is 6.54 Å². The largest absolute Gasteiger partial charge is 0.497 e. The molecule has 5 heteroatoms. The van der Waals surface area contributed by atoms with Crippen LogP contribution in [0.3, 0.4) is 0 Å². The van der Waals surface area contributed by atoms with Crippen molar-refractivity contribution in [1.82, 2.24) is 4.98 Å². The molecule has 1 aliphatic rings. The van der Waals surface area contributed by atoms with Gasteiger partial charge in [0.2, 0.25) is 0 Å². The lowest BCUT2D eigenvalue weighted by atomic mass is 9.98. The number of likely N-dealkylation sites (tertiary alicyclic amines) is 1. The van der Waals surface area contributed by atoms with Crippen LogP contribution in [0.5, 0.6) is 11.5 Å². The molecule has 4 nitrogen and oxygen atoms in total. The summed E-state index contributed by atoms with van der Waals surface area (Å²) in [5.41, 5.74) is 2.35. The van der Waals surface area contributed by atoms with E-state index in [0.29, 0.717) is 5.92 Å². The highest BCUT2D eigenvalue weighted by atomic mass is 32.1. The lowest BCUT2D eigenvalue weighted by molar-refractivity contribution is -0.920. The molecule has 0 saturated carbocycles. The first kappa shape index (κ1) is 17.3. The van der Waals surface area contributed by atoms with Crippen LogP contribution in [0, 0.1) is 0 Å². The maximum Gasteiger partial charge on any atom is 0.127 e. The van der Waals surface area contributed by atoms with Gasteiger partial charge in [0.25, 0.3) is 0 Å². The molecule has 1 saturated heterocycles. The van der Waals surface area contributed by atoms with E-state index in [9.17, 15) is 0 Å². The summed E-state index contributed by atoms with van der Waals surface area (Å²) in [6.07, 6.45) is 2.47. The molecule has 2 heterocycles. The van der Waals surface area contributed by atoms with Crippen molar-refractivity contribution in [3.63, 3.8) is 0 Å². The minimum atomic E-state index is 0.549. The molecule has 2 aromatic carbocycles. The Balaban J connectivity index is 1.52. The zero-order valence-corrected chi connectivity index (χ0v) is 16.1. The Kier molecular flexibility index (Phi) is 5.09. The summed E-state index contributed by atoms with van der Waals surface area (Å²) >= 11 is 1.86. The molecule has 0 bridgehead atoms. The summed E-state index contributed by atoms with van der Waals surface area (Å²) in [7, 11) is 3.45. The van der Waals surface area contributed by atoms with Gasteiger partial charge >= 0.3 is 0 Å². The predicted octanol–water partition coefficient (Wildman–Crippen LogP) is 3.28. The topological polar surface area (TPSA) is 35.8 Å². The number of hydrogen-bond donors (Lipinski definition) is 1. The van der Waals surface area contributed by atoms with Gasteiger partial charge in [-0.1, -0.05) is 12.1 Å². The van der Waals surface area contributed by atoms with Gasteiger partial charge in [-0.05, 0) is 43.2 Å². The quantitative estimate of drug-likeness (QED) is 0.750. The predicted molar refractivity (Wildman–Crippen MR) is 106 cm³/mol. The van der Waals surface area contributed by atoms with Crippen LogP contribution in [0.25, 0.3) is 10.2 Å². The van der Waals surface area contributed by atoms with Crippen LogP contribution in [-0.4, -0.2) is 32.3 Å². The third-order valence-corrected chi connectivity index (χ3v) is 6.40. The van der Waals surface area contributed by atoms with Gasteiger partial charge in [-0.2, -0.15) is 0 Å². The first-order valence-electron chi connectivity index (χ1n) is 9.16. The number of rotatable bonds is 5. The van der Waals surface area contributed by atoms with E-state index in [1.807, 2.05) is 23.5 Å². The third-order valence-electron chi connectivity index (χ3n) is 5.21. The number of aromatic nitrogens is 1. The van der Waals surface area contributed by atoms with Gasteiger partial charge in [-0.3, -0.25) is 0 Å². The van der Waals surface area contributed by atoms with E-state index in [1.165, 1.54) is 34.7 Å². The number of thiazole rings is 1. The highest BCUT2D eigenvalue weighted by Gasteiger charge is 2.27. The maximum absolute atomic E-state index is 5.56. The lowest BCUT2D eigenvalue weighted by Crippen LogP contribution is -3.12. The molecule has 136 valence electrons. The van der Waals surface area contributed by atoms with Gasteiger partial charge in [0.05, 0.1) is 49.0 Å². The Morgan fingerprint density at radius 3 is 2.85 bits per heavy atom. The summed E-state index contributed by atoms with van der Waals surface area (Å²) in [6, 6.07) is 14.5. The molecule has 1 unspecified atom stereocenters. The van der Waals surface area contributed by atoms with Crippen molar-refractivity contribution in [3.8, 4) is 11.5 Å². The zero-order valence-electron chi connectivity index (χ0n) is 15.3. The minimum Gasteiger partial charge on any atom is -0.497 e. The molecule has 4 rings (SSSR count). The van der Waals surface area contributed by atoms with Crippen LogP contribution in [0.4, 0.5) is 0 Å². The van der Waals surface area contributed by atoms with Crippen LogP contribution in [0.2, 0.25) is 0 Å². The summed E-state index contributed by atoms with van der Waals surface area (Å²) in [5.74, 6) is 2.38. The summed E-state index contributed by atoms with van der Waals surface area (Å²) in [6.45, 7) is 3.28. The van der Waals surface area contributed by atoms with Crippen molar-refractivity contribution in [2.75, 3.05) is 27.3 Å². The number of hydrogen-bond acceptors (Lipinski definition) is 4. The molecule has 0 spiro atoms. The van der Waals surface area contributed by atoms with Crippen molar-refractivity contribution in [2.45, 2.75) is 25.3 Å². The SMILES string of the molecule is COc1ccc(OC)c(C[NH+]2CCC[C@@H](c3nc4ccccc4s3)C2)c1. The van der Waals surface area contributed by atoms with Crippen molar-refractivity contribution >= 4 is 21.6 Å².